The summed E-state index contributed by atoms with van der Waals surface area (Å²) in [5, 5.41) is 11.4. The molecule has 0 radical (unpaired) electrons. The summed E-state index contributed by atoms with van der Waals surface area (Å²) < 4.78 is 0. The number of amides is 2. The first-order valence-corrected chi connectivity index (χ1v) is 4.40. The minimum absolute atomic E-state index is 0.153. The minimum atomic E-state index is -0.831. The number of nitrogens with one attached hydrogen (secondary N) is 1. The van der Waals surface area contributed by atoms with Crippen LogP contribution in [0.5, 0.6) is 0 Å². The Morgan fingerprint density at radius 1 is 1.77 bits per heavy atom. The van der Waals surface area contributed by atoms with Gasteiger partial charge in [-0.15, -0.1) is 0 Å². The number of carboxylic acids is 1. The lowest BCUT2D eigenvalue weighted by Gasteiger charge is -2.18. The van der Waals surface area contributed by atoms with E-state index in [9.17, 15) is 9.59 Å². The maximum absolute atomic E-state index is 11.1. The van der Waals surface area contributed by atoms with Crippen molar-refractivity contribution in [1.29, 1.82) is 0 Å². The van der Waals surface area contributed by atoms with Crippen molar-refractivity contribution in [3.63, 3.8) is 0 Å². The van der Waals surface area contributed by atoms with Gasteiger partial charge in [0.2, 0.25) is 0 Å². The van der Waals surface area contributed by atoms with Crippen LogP contribution in [0.15, 0.2) is 0 Å². The molecule has 0 aromatic heterocycles. The van der Waals surface area contributed by atoms with Gasteiger partial charge >= 0.3 is 12.0 Å². The lowest BCUT2D eigenvalue weighted by Crippen LogP contribution is -2.35. The van der Waals surface area contributed by atoms with Crippen molar-refractivity contribution in [2.75, 3.05) is 19.6 Å². The van der Waals surface area contributed by atoms with Gasteiger partial charge in [0.15, 0.2) is 0 Å². The zero-order chi connectivity index (χ0) is 9.84. The highest BCUT2D eigenvalue weighted by Gasteiger charge is 2.25. The average molecular weight is 186 g/mol. The van der Waals surface area contributed by atoms with Crippen LogP contribution in [0.25, 0.3) is 0 Å². The molecule has 1 rings (SSSR count). The van der Waals surface area contributed by atoms with Crippen LogP contribution < -0.4 is 5.32 Å². The van der Waals surface area contributed by atoms with E-state index in [0.29, 0.717) is 26.1 Å². The van der Waals surface area contributed by atoms with Gasteiger partial charge < -0.3 is 15.3 Å². The second-order valence-corrected chi connectivity index (χ2v) is 3.12. The number of hydrogen-bond acceptors (Lipinski definition) is 2. The fourth-order valence-corrected chi connectivity index (χ4v) is 1.33. The van der Waals surface area contributed by atoms with Crippen LogP contribution in [-0.2, 0) is 4.79 Å². The lowest BCUT2D eigenvalue weighted by atomic mass is 10.1. The number of aliphatic carboxylic acids is 1. The Kier molecular flexibility index (Phi) is 3.11. The van der Waals surface area contributed by atoms with Crippen molar-refractivity contribution in [2.45, 2.75) is 13.3 Å². The number of hydrogen-bond donors (Lipinski definition) is 2. The molecule has 1 fully saturated rings. The second-order valence-electron chi connectivity index (χ2n) is 3.12. The van der Waals surface area contributed by atoms with Crippen LogP contribution in [0.2, 0.25) is 0 Å². The number of rotatable bonds is 4. The molecule has 1 aliphatic rings. The Labute approximate surface area is 76.7 Å². The first-order chi connectivity index (χ1) is 6.15. The molecule has 0 aromatic rings. The van der Waals surface area contributed by atoms with Crippen LogP contribution in [0.1, 0.15) is 13.3 Å². The van der Waals surface area contributed by atoms with Crippen molar-refractivity contribution < 1.29 is 14.7 Å². The van der Waals surface area contributed by atoms with Crippen molar-refractivity contribution in [3.8, 4) is 0 Å². The fourth-order valence-electron chi connectivity index (χ4n) is 1.33. The number of nitrogens with zero attached hydrogens (tertiary/aromatic N) is 1. The lowest BCUT2D eigenvalue weighted by molar-refractivity contribution is -0.142. The Morgan fingerprint density at radius 2 is 2.46 bits per heavy atom. The third kappa shape index (κ3) is 2.34. The van der Waals surface area contributed by atoms with E-state index in [4.69, 9.17) is 5.11 Å². The van der Waals surface area contributed by atoms with Crippen molar-refractivity contribution in [2.24, 2.45) is 5.92 Å². The minimum Gasteiger partial charge on any atom is -0.481 e. The van der Waals surface area contributed by atoms with Gasteiger partial charge in [0.25, 0.3) is 0 Å². The largest absolute Gasteiger partial charge is 0.481 e. The van der Waals surface area contributed by atoms with Crippen LogP contribution in [0, 0.1) is 5.92 Å². The third-order valence-electron chi connectivity index (χ3n) is 2.23. The second kappa shape index (κ2) is 4.11. The molecule has 13 heavy (non-hydrogen) atoms. The van der Waals surface area contributed by atoms with E-state index in [0.717, 1.165) is 0 Å². The number of carbonyl (C=O) groups excluding carboxylic acids is 1. The Morgan fingerprint density at radius 3 is 2.85 bits per heavy atom. The fraction of sp³-hybridized carbons (Fsp3) is 0.750. The molecule has 1 saturated heterocycles. The molecule has 5 nitrogen and oxygen atoms in total. The van der Waals surface area contributed by atoms with Crippen molar-refractivity contribution in [3.05, 3.63) is 0 Å². The summed E-state index contributed by atoms with van der Waals surface area (Å²) in [6, 6.07) is -0.153. The van der Waals surface area contributed by atoms with Gasteiger partial charge in [-0.05, 0) is 6.42 Å². The molecular formula is C8H14N2O3. The summed E-state index contributed by atoms with van der Waals surface area (Å²) in [5.41, 5.74) is 0. The van der Waals surface area contributed by atoms with Gasteiger partial charge in [-0.2, -0.15) is 0 Å². The van der Waals surface area contributed by atoms with Crippen LogP contribution in [-0.4, -0.2) is 41.6 Å². The molecule has 2 N–H and O–H groups in total. The molecule has 0 aromatic carbocycles. The van der Waals surface area contributed by atoms with E-state index in [-0.39, 0.29) is 6.03 Å². The van der Waals surface area contributed by atoms with Gasteiger partial charge in [0.05, 0.1) is 5.92 Å². The Balaban J connectivity index is 2.45. The zero-order valence-electron chi connectivity index (χ0n) is 7.62. The number of urea groups is 1. The quantitative estimate of drug-likeness (QED) is 0.655. The van der Waals surface area contributed by atoms with Gasteiger partial charge in [-0.1, -0.05) is 6.92 Å². The average Bonchev–Trinajstić information content (AvgIpc) is 2.46. The molecule has 1 unspecified atom stereocenters. The van der Waals surface area contributed by atoms with Crippen molar-refractivity contribution in [1.82, 2.24) is 10.2 Å². The maximum atomic E-state index is 11.1. The summed E-state index contributed by atoms with van der Waals surface area (Å²) in [4.78, 5) is 23.3. The summed E-state index contributed by atoms with van der Waals surface area (Å²) in [7, 11) is 0. The molecule has 74 valence electrons. The standard InChI is InChI=1S/C8H14N2O3/c1-2-6(7(11)12)5-10-4-3-9-8(10)13/h6H,2-5H2,1H3,(H,9,13)(H,11,12). The molecule has 5 heteroatoms. The molecule has 1 aliphatic heterocycles. The first-order valence-electron chi connectivity index (χ1n) is 4.40. The van der Waals surface area contributed by atoms with E-state index in [1.165, 1.54) is 0 Å². The molecule has 1 atom stereocenters. The highest BCUT2D eigenvalue weighted by atomic mass is 16.4. The highest BCUT2D eigenvalue weighted by molar-refractivity contribution is 5.77. The molecular weight excluding hydrogens is 172 g/mol. The monoisotopic (exact) mass is 186 g/mol. The van der Waals surface area contributed by atoms with E-state index < -0.39 is 11.9 Å². The smallest absolute Gasteiger partial charge is 0.317 e. The normalized spacial score (nSPS) is 18.5. The Bertz CT molecular complexity index is 217. The first kappa shape index (κ1) is 9.83. The number of carboxylic acid groups (broad SMARTS) is 1. The SMILES string of the molecule is CCC(CN1CCNC1=O)C(=O)O. The summed E-state index contributed by atoms with van der Waals surface area (Å²) in [6.45, 7) is 3.36. The van der Waals surface area contributed by atoms with Crippen LogP contribution in [0.4, 0.5) is 4.79 Å². The summed E-state index contributed by atoms with van der Waals surface area (Å²) in [6.07, 6.45) is 0.555. The topological polar surface area (TPSA) is 69.6 Å². The predicted molar refractivity (Wildman–Crippen MR) is 46.4 cm³/mol. The third-order valence-corrected chi connectivity index (χ3v) is 2.23. The van der Waals surface area contributed by atoms with Crippen LogP contribution >= 0.6 is 0 Å². The molecule has 0 saturated carbocycles. The van der Waals surface area contributed by atoms with E-state index >= 15 is 0 Å². The van der Waals surface area contributed by atoms with E-state index in [1.807, 2.05) is 6.92 Å². The molecule has 1 heterocycles. The van der Waals surface area contributed by atoms with Crippen molar-refractivity contribution >= 4 is 12.0 Å². The number of carbonyl (C=O) groups is 2. The summed E-state index contributed by atoms with van der Waals surface area (Å²) >= 11 is 0. The van der Waals surface area contributed by atoms with E-state index in [1.54, 1.807) is 4.90 Å². The molecule has 2 amide bonds. The highest BCUT2D eigenvalue weighted by Crippen LogP contribution is 2.07. The van der Waals surface area contributed by atoms with Gasteiger partial charge in [-0.25, -0.2) is 4.79 Å². The van der Waals surface area contributed by atoms with E-state index in [2.05, 4.69) is 5.32 Å². The van der Waals surface area contributed by atoms with Gasteiger partial charge in [0, 0.05) is 19.6 Å². The molecule has 0 bridgehead atoms. The van der Waals surface area contributed by atoms with Crippen LogP contribution in [0.3, 0.4) is 0 Å². The zero-order valence-corrected chi connectivity index (χ0v) is 7.62. The predicted octanol–water partition coefficient (Wildman–Crippen LogP) is 0.122. The molecule has 0 aliphatic carbocycles. The Hall–Kier alpha value is -1.26. The molecule has 0 spiro atoms. The summed E-state index contributed by atoms with van der Waals surface area (Å²) in [5.74, 6) is -1.27. The van der Waals surface area contributed by atoms with Gasteiger partial charge in [-0.3, -0.25) is 4.79 Å². The van der Waals surface area contributed by atoms with Gasteiger partial charge in [0.1, 0.15) is 0 Å². The maximum Gasteiger partial charge on any atom is 0.317 e.